The van der Waals surface area contributed by atoms with Crippen LogP contribution in [0.5, 0.6) is 0 Å². The van der Waals surface area contributed by atoms with Gasteiger partial charge in [0.2, 0.25) is 0 Å². The fourth-order valence-electron chi connectivity index (χ4n) is 1.39. The molecule has 1 saturated heterocycles. The Bertz CT molecular complexity index is 246. The number of thioether (sulfide) groups is 1. The maximum atomic E-state index is 5.53. The predicted octanol–water partition coefficient (Wildman–Crippen LogP) is 2.35. The van der Waals surface area contributed by atoms with Gasteiger partial charge in [0, 0.05) is 18.6 Å². The topological polar surface area (TPSA) is 22.1 Å². The van der Waals surface area contributed by atoms with Crippen molar-refractivity contribution in [1.29, 1.82) is 0 Å². The van der Waals surface area contributed by atoms with E-state index in [1.54, 1.807) is 11.8 Å². The summed E-state index contributed by atoms with van der Waals surface area (Å²) >= 11 is 1.78. The summed E-state index contributed by atoms with van der Waals surface area (Å²) in [7, 11) is 0. The van der Waals surface area contributed by atoms with Crippen molar-refractivity contribution >= 4 is 11.8 Å². The van der Waals surface area contributed by atoms with Crippen LogP contribution in [0, 0.1) is 0 Å². The van der Waals surface area contributed by atoms with Gasteiger partial charge >= 0.3 is 0 Å². The number of hydrogen-bond acceptors (Lipinski definition) is 3. The van der Waals surface area contributed by atoms with Crippen LogP contribution in [0.4, 0.5) is 0 Å². The van der Waals surface area contributed by atoms with Gasteiger partial charge in [-0.3, -0.25) is 0 Å². The number of aromatic nitrogens is 1. The zero-order valence-electron chi connectivity index (χ0n) is 7.48. The zero-order valence-corrected chi connectivity index (χ0v) is 8.30. The molecule has 1 aliphatic heterocycles. The van der Waals surface area contributed by atoms with E-state index in [9.17, 15) is 0 Å². The molecule has 13 heavy (non-hydrogen) atoms. The van der Waals surface area contributed by atoms with Crippen molar-refractivity contribution in [3.63, 3.8) is 0 Å². The van der Waals surface area contributed by atoms with E-state index >= 15 is 0 Å². The highest BCUT2D eigenvalue weighted by molar-refractivity contribution is 7.99. The van der Waals surface area contributed by atoms with Crippen molar-refractivity contribution in [2.24, 2.45) is 0 Å². The van der Waals surface area contributed by atoms with E-state index in [4.69, 9.17) is 4.74 Å². The minimum Gasteiger partial charge on any atom is -0.377 e. The van der Waals surface area contributed by atoms with Crippen LogP contribution in [0.15, 0.2) is 29.4 Å². The Morgan fingerprint density at radius 1 is 1.54 bits per heavy atom. The molecule has 0 aliphatic carbocycles. The molecular formula is C10H13NOS. The average Bonchev–Trinajstić information content (AvgIpc) is 2.69. The van der Waals surface area contributed by atoms with Crippen LogP contribution in [0.1, 0.15) is 12.8 Å². The summed E-state index contributed by atoms with van der Waals surface area (Å²) in [5.41, 5.74) is 0. The highest BCUT2D eigenvalue weighted by atomic mass is 32.2. The molecule has 1 unspecified atom stereocenters. The molecule has 2 rings (SSSR count). The number of pyridine rings is 1. The summed E-state index contributed by atoms with van der Waals surface area (Å²) in [4.78, 5) is 4.25. The van der Waals surface area contributed by atoms with Crippen molar-refractivity contribution in [1.82, 2.24) is 4.98 Å². The summed E-state index contributed by atoms with van der Waals surface area (Å²) in [5.74, 6) is 1.04. The molecule has 1 aromatic rings. The Morgan fingerprint density at radius 2 is 2.54 bits per heavy atom. The molecule has 0 aromatic carbocycles. The van der Waals surface area contributed by atoms with E-state index in [0.717, 1.165) is 17.4 Å². The van der Waals surface area contributed by atoms with Crippen LogP contribution in [0.3, 0.4) is 0 Å². The predicted molar refractivity (Wildman–Crippen MR) is 53.9 cm³/mol. The van der Waals surface area contributed by atoms with Gasteiger partial charge in [-0.25, -0.2) is 4.98 Å². The molecule has 0 saturated carbocycles. The Balaban J connectivity index is 1.79. The number of nitrogens with zero attached hydrogens (tertiary/aromatic N) is 1. The van der Waals surface area contributed by atoms with Crippen molar-refractivity contribution in [2.45, 2.75) is 24.0 Å². The summed E-state index contributed by atoms with van der Waals surface area (Å²) in [6.45, 7) is 0.938. The second-order valence-electron chi connectivity index (χ2n) is 3.11. The van der Waals surface area contributed by atoms with E-state index < -0.39 is 0 Å². The van der Waals surface area contributed by atoms with Gasteiger partial charge in [-0.1, -0.05) is 6.07 Å². The molecular weight excluding hydrogens is 182 g/mol. The van der Waals surface area contributed by atoms with Gasteiger partial charge in [-0.15, -0.1) is 11.8 Å². The van der Waals surface area contributed by atoms with Gasteiger partial charge in [-0.05, 0) is 25.0 Å². The highest BCUT2D eigenvalue weighted by Gasteiger charge is 2.15. The fourth-order valence-corrected chi connectivity index (χ4v) is 2.32. The third kappa shape index (κ3) is 2.71. The van der Waals surface area contributed by atoms with Crippen LogP contribution >= 0.6 is 11.8 Å². The van der Waals surface area contributed by atoms with E-state index in [1.807, 2.05) is 24.4 Å². The maximum absolute atomic E-state index is 5.53. The standard InChI is InChI=1S/C10H13NOS/c1-2-6-11-10(5-1)13-8-9-4-3-7-12-9/h1-2,5-6,9H,3-4,7-8H2. The third-order valence-electron chi connectivity index (χ3n) is 2.08. The first kappa shape index (κ1) is 9.03. The molecule has 1 aromatic heterocycles. The van der Waals surface area contributed by atoms with Crippen molar-refractivity contribution in [3.8, 4) is 0 Å². The Hall–Kier alpha value is -0.540. The quantitative estimate of drug-likeness (QED) is 0.691. The summed E-state index contributed by atoms with van der Waals surface area (Å²) in [6, 6.07) is 6.00. The third-order valence-corrected chi connectivity index (χ3v) is 3.15. The van der Waals surface area contributed by atoms with Crippen LogP contribution in [0.2, 0.25) is 0 Å². The van der Waals surface area contributed by atoms with Gasteiger partial charge < -0.3 is 4.74 Å². The summed E-state index contributed by atoms with van der Waals surface area (Å²) in [6.07, 6.45) is 4.71. The Morgan fingerprint density at radius 3 is 3.23 bits per heavy atom. The lowest BCUT2D eigenvalue weighted by Crippen LogP contribution is -2.07. The summed E-state index contributed by atoms with van der Waals surface area (Å²) in [5, 5.41) is 1.10. The van der Waals surface area contributed by atoms with E-state index in [0.29, 0.717) is 6.10 Å². The van der Waals surface area contributed by atoms with Crippen LogP contribution in [0.25, 0.3) is 0 Å². The van der Waals surface area contributed by atoms with Gasteiger partial charge in [-0.2, -0.15) is 0 Å². The lowest BCUT2D eigenvalue weighted by atomic mass is 10.3. The Kier molecular flexibility index (Phi) is 3.22. The molecule has 0 spiro atoms. The first-order chi connectivity index (χ1) is 6.45. The van der Waals surface area contributed by atoms with E-state index in [2.05, 4.69) is 4.98 Å². The lowest BCUT2D eigenvalue weighted by molar-refractivity contribution is 0.129. The minimum atomic E-state index is 0.451. The molecule has 70 valence electrons. The molecule has 3 heteroatoms. The smallest absolute Gasteiger partial charge is 0.0960 e. The molecule has 1 fully saturated rings. The van der Waals surface area contributed by atoms with Crippen LogP contribution in [-0.2, 0) is 4.74 Å². The monoisotopic (exact) mass is 195 g/mol. The lowest BCUT2D eigenvalue weighted by Gasteiger charge is -2.07. The second kappa shape index (κ2) is 4.63. The largest absolute Gasteiger partial charge is 0.377 e. The Labute approximate surface area is 82.7 Å². The SMILES string of the molecule is c1ccc(SCC2CCCO2)nc1. The zero-order chi connectivity index (χ0) is 8.93. The summed E-state index contributed by atoms with van der Waals surface area (Å²) < 4.78 is 5.53. The van der Waals surface area contributed by atoms with Crippen LogP contribution < -0.4 is 0 Å². The van der Waals surface area contributed by atoms with Gasteiger partial charge in [0.25, 0.3) is 0 Å². The molecule has 1 atom stereocenters. The number of rotatable bonds is 3. The average molecular weight is 195 g/mol. The maximum Gasteiger partial charge on any atom is 0.0960 e. The van der Waals surface area contributed by atoms with Gasteiger partial charge in [0.05, 0.1) is 11.1 Å². The van der Waals surface area contributed by atoms with Crippen molar-refractivity contribution in [2.75, 3.05) is 12.4 Å². The minimum absolute atomic E-state index is 0.451. The van der Waals surface area contributed by atoms with Crippen molar-refractivity contribution in [3.05, 3.63) is 24.4 Å². The molecule has 0 N–H and O–H groups in total. The van der Waals surface area contributed by atoms with Gasteiger partial charge in [0.15, 0.2) is 0 Å². The van der Waals surface area contributed by atoms with Crippen molar-refractivity contribution < 1.29 is 4.74 Å². The van der Waals surface area contributed by atoms with E-state index in [-0.39, 0.29) is 0 Å². The normalized spacial score (nSPS) is 22.0. The fraction of sp³-hybridized carbons (Fsp3) is 0.500. The highest BCUT2D eigenvalue weighted by Crippen LogP contribution is 2.21. The second-order valence-corrected chi connectivity index (χ2v) is 4.15. The van der Waals surface area contributed by atoms with Crippen LogP contribution in [-0.4, -0.2) is 23.4 Å². The molecule has 0 bridgehead atoms. The molecule has 1 aliphatic rings. The number of ether oxygens (including phenoxy) is 1. The first-order valence-corrected chi connectivity index (χ1v) is 5.59. The van der Waals surface area contributed by atoms with Gasteiger partial charge in [0.1, 0.15) is 0 Å². The molecule has 2 nitrogen and oxygen atoms in total. The van der Waals surface area contributed by atoms with E-state index in [1.165, 1.54) is 12.8 Å². The molecule has 0 radical (unpaired) electrons. The number of hydrogen-bond donors (Lipinski definition) is 0. The molecule has 0 amide bonds. The molecule has 2 heterocycles. The first-order valence-electron chi connectivity index (χ1n) is 4.60.